The molecule has 0 saturated heterocycles. The van der Waals surface area contributed by atoms with Crippen LogP contribution < -0.4 is 5.73 Å². The zero-order chi connectivity index (χ0) is 11.7. The lowest BCUT2D eigenvalue weighted by Crippen LogP contribution is -2.16. The third-order valence-electron chi connectivity index (χ3n) is 2.61. The van der Waals surface area contributed by atoms with Crippen molar-refractivity contribution in [2.45, 2.75) is 19.9 Å². The van der Waals surface area contributed by atoms with E-state index in [1.807, 2.05) is 23.2 Å². The second-order valence-corrected chi connectivity index (χ2v) is 5.07. The fourth-order valence-electron chi connectivity index (χ4n) is 1.47. The highest BCUT2D eigenvalue weighted by atomic mass is 32.1. The summed E-state index contributed by atoms with van der Waals surface area (Å²) < 4.78 is 1.82. The molecular formula is C11H16N4S. The Morgan fingerprint density at radius 1 is 1.44 bits per heavy atom. The molecule has 1 unspecified atom stereocenters. The molecule has 0 aliphatic carbocycles. The van der Waals surface area contributed by atoms with Gasteiger partial charge in [0.15, 0.2) is 0 Å². The van der Waals surface area contributed by atoms with Crippen molar-refractivity contribution in [2.75, 3.05) is 0 Å². The second-order valence-electron chi connectivity index (χ2n) is 4.18. The average molecular weight is 236 g/mol. The Hall–Kier alpha value is -1.20. The highest BCUT2D eigenvalue weighted by Crippen LogP contribution is 2.27. The first-order chi connectivity index (χ1) is 7.59. The van der Waals surface area contributed by atoms with Gasteiger partial charge in [-0.3, -0.25) is 4.68 Å². The molecule has 5 heteroatoms. The van der Waals surface area contributed by atoms with E-state index in [2.05, 4.69) is 23.9 Å². The Bertz CT molecular complexity index is 472. The molecule has 0 aliphatic heterocycles. The van der Waals surface area contributed by atoms with E-state index in [0.717, 1.165) is 16.4 Å². The van der Waals surface area contributed by atoms with Gasteiger partial charge in [0, 0.05) is 18.6 Å². The maximum Gasteiger partial charge on any atom is 0.110 e. The van der Waals surface area contributed by atoms with Gasteiger partial charge in [-0.15, -0.1) is 11.3 Å². The van der Waals surface area contributed by atoms with Gasteiger partial charge >= 0.3 is 0 Å². The van der Waals surface area contributed by atoms with Crippen molar-refractivity contribution in [3.05, 3.63) is 22.7 Å². The fourth-order valence-corrected chi connectivity index (χ4v) is 2.45. The van der Waals surface area contributed by atoms with Crippen molar-refractivity contribution in [2.24, 2.45) is 18.7 Å². The molecule has 0 amide bonds. The summed E-state index contributed by atoms with van der Waals surface area (Å²) >= 11 is 1.62. The molecule has 0 aliphatic rings. The number of aromatic nitrogens is 3. The predicted octanol–water partition coefficient (Wildman–Crippen LogP) is 2.20. The molecular weight excluding hydrogens is 220 g/mol. The van der Waals surface area contributed by atoms with Gasteiger partial charge in [0.1, 0.15) is 5.01 Å². The average Bonchev–Trinajstić information content (AvgIpc) is 2.84. The van der Waals surface area contributed by atoms with Crippen LogP contribution in [0.2, 0.25) is 0 Å². The minimum atomic E-state index is 0.0203. The lowest BCUT2D eigenvalue weighted by atomic mass is 10.1. The highest BCUT2D eigenvalue weighted by molar-refractivity contribution is 7.10. The number of hydrogen-bond donors (Lipinski definition) is 1. The minimum Gasteiger partial charge on any atom is -0.322 e. The molecule has 4 nitrogen and oxygen atoms in total. The molecule has 0 saturated carbocycles. The van der Waals surface area contributed by atoms with E-state index < -0.39 is 0 Å². The van der Waals surface area contributed by atoms with Gasteiger partial charge in [0.05, 0.1) is 17.4 Å². The fraction of sp³-hybridized carbons (Fsp3) is 0.455. The van der Waals surface area contributed by atoms with Crippen molar-refractivity contribution in [3.63, 3.8) is 0 Å². The molecule has 0 spiro atoms. The summed E-state index contributed by atoms with van der Waals surface area (Å²) in [6.45, 7) is 4.21. The summed E-state index contributed by atoms with van der Waals surface area (Å²) in [7, 11) is 1.91. The van der Waals surface area contributed by atoms with E-state index in [0.29, 0.717) is 5.92 Å². The summed E-state index contributed by atoms with van der Waals surface area (Å²) in [5.41, 5.74) is 8.05. The van der Waals surface area contributed by atoms with Crippen LogP contribution in [0.4, 0.5) is 0 Å². The largest absolute Gasteiger partial charge is 0.322 e. The van der Waals surface area contributed by atoms with Crippen LogP contribution in [0.3, 0.4) is 0 Å². The van der Waals surface area contributed by atoms with Crippen molar-refractivity contribution >= 4 is 11.3 Å². The zero-order valence-electron chi connectivity index (χ0n) is 9.71. The maximum absolute atomic E-state index is 6.07. The number of nitrogens with two attached hydrogens (primary N) is 1. The Kier molecular flexibility index (Phi) is 3.07. The summed E-state index contributed by atoms with van der Waals surface area (Å²) in [6, 6.07) is 1.98. The van der Waals surface area contributed by atoms with Crippen molar-refractivity contribution < 1.29 is 0 Å². The summed E-state index contributed by atoms with van der Waals surface area (Å²) in [5, 5.41) is 7.16. The first-order valence-electron chi connectivity index (χ1n) is 5.29. The van der Waals surface area contributed by atoms with Crippen LogP contribution >= 0.6 is 11.3 Å². The van der Waals surface area contributed by atoms with Crippen LogP contribution in [0.5, 0.6) is 0 Å². The molecule has 0 bridgehead atoms. The Morgan fingerprint density at radius 2 is 2.19 bits per heavy atom. The van der Waals surface area contributed by atoms with E-state index in [-0.39, 0.29) is 6.04 Å². The van der Waals surface area contributed by atoms with Gasteiger partial charge in [-0.25, -0.2) is 4.98 Å². The third-order valence-corrected chi connectivity index (χ3v) is 3.55. The molecule has 0 aromatic carbocycles. The second kappa shape index (κ2) is 4.35. The minimum absolute atomic E-state index is 0.0203. The highest BCUT2D eigenvalue weighted by Gasteiger charge is 2.16. The van der Waals surface area contributed by atoms with Gasteiger partial charge in [-0.1, -0.05) is 13.8 Å². The van der Waals surface area contributed by atoms with Gasteiger partial charge in [0.25, 0.3) is 0 Å². The van der Waals surface area contributed by atoms with Crippen molar-refractivity contribution in [3.8, 4) is 11.4 Å². The van der Waals surface area contributed by atoms with E-state index in [1.54, 1.807) is 17.5 Å². The third kappa shape index (κ3) is 2.01. The van der Waals surface area contributed by atoms with Crippen LogP contribution in [-0.4, -0.2) is 14.8 Å². The quantitative estimate of drug-likeness (QED) is 0.888. The molecule has 0 fully saturated rings. The van der Waals surface area contributed by atoms with Crippen LogP contribution in [0.1, 0.15) is 24.9 Å². The van der Waals surface area contributed by atoms with Gasteiger partial charge < -0.3 is 5.73 Å². The molecule has 86 valence electrons. The lowest BCUT2D eigenvalue weighted by Gasteiger charge is -2.11. The van der Waals surface area contributed by atoms with Crippen molar-refractivity contribution in [1.29, 1.82) is 0 Å². The molecule has 1 atom stereocenters. The molecule has 16 heavy (non-hydrogen) atoms. The zero-order valence-corrected chi connectivity index (χ0v) is 10.5. The summed E-state index contributed by atoms with van der Waals surface area (Å²) in [5.74, 6) is 0.408. The van der Waals surface area contributed by atoms with Crippen LogP contribution in [0, 0.1) is 5.92 Å². The lowest BCUT2D eigenvalue weighted by molar-refractivity contribution is 0.512. The Morgan fingerprint density at radius 3 is 2.75 bits per heavy atom. The normalized spacial score (nSPS) is 13.3. The predicted molar refractivity (Wildman–Crippen MR) is 66.1 cm³/mol. The van der Waals surface area contributed by atoms with E-state index in [1.165, 1.54) is 0 Å². The monoisotopic (exact) mass is 236 g/mol. The molecule has 0 radical (unpaired) electrons. The smallest absolute Gasteiger partial charge is 0.110 e. The van der Waals surface area contributed by atoms with E-state index in [4.69, 9.17) is 5.73 Å². The standard InChI is InChI=1S/C11H16N4S/c1-7(2)10(12)11-14-8(6-16-11)9-4-5-13-15(9)3/h4-7,10H,12H2,1-3H3. The number of aryl methyl sites for hydroxylation is 1. The van der Waals surface area contributed by atoms with Gasteiger partial charge in [-0.2, -0.15) is 5.10 Å². The van der Waals surface area contributed by atoms with E-state index >= 15 is 0 Å². The van der Waals surface area contributed by atoms with Crippen molar-refractivity contribution in [1.82, 2.24) is 14.8 Å². The molecule has 2 aromatic rings. The Balaban J connectivity index is 2.30. The summed E-state index contributed by atoms with van der Waals surface area (Å²) in [6.07, 6.45) is 1.77. The first-order valence-corrected chi connectivity index (χ1v) is 6.17. The number of nitrogens with zero attached hydrogens (tertiary/aromatic N) is 3. The maximum atomic E-state index is 6.07. The SMILES string of the molecule is CC(C)C(N)c1nc(-c2ccnn2C)cs1. The topological polar surface area (TPSA) is 56.7 Å². The molecule has 2 N–H and O–H groups in total. The first kappa shape index (κ1) is 11.3. The van der Waals surface area contributed by atoms with Gasteiger partial charge in [0.2, 0.25) is 0 Å². The number of hydrogen-bond acceptors (Lipinski definition) is 4. The van der Waals surface area contributed by atoms with Crippen LogP contribution in [0.15, 0.2) is 17.6 Å². The molecule has 2 rings (SSSR count). The number of rotatable bonds is 3. The van der Waals surface area contributed by atoms with Crippen LogP contribution in [-0.2, 0) is 7.05 Å². The van der Waals surface area contributed by atoms with Crippen LogP contribution in [0.25, 0.3) is 11.4 Å². The molecule has 2 heterocycles. The Labute approximate surface area is 99.1 Å². The van der Waals surface area contributed by atoms with Gasteiger partial charge in [-0.05, 0) is 12.0 Å². The number of thiazole rings is 1. The van der Waals surface area contributed by atoms with E-state index in [9.17, 15) is 0 Å². The molecule has 2 aromatic heterocycles. The summed E-state index contributed by atoms with van der Waals surface area (Å²) in [4.78, 5) is 4.57.